The van der Waals surface area contributed by atoms with Gasteiger partial charge in [-0.1, -0.05) is 104 Å². The van der Waals surface area contributed by atoms with E-state index < -0.39 is 0 Å². The minimum atomic E-state index is 0.188. The topological polar surface area (TPSA) is 6.48 Å². The third-order valence-electron chi connectivity index (χ3n) is 10.2. The standard InChI is InChI=1S/C40H39BN2/c1-3-42-36-22-20-31(28-14-8-5-9-15-28)24-34(36)41-35-25-32(29-16-10-6-11-17-29)21-23-37(35)43(4-2)39-27-33(26-38(42)40(39)41)30-18-12-7-13-19-30/h5-6,8-11,14-17,20-27,30H,3-4,7,12-13,18-19H2,1-2H3. The number of fused-ring (bicyclic) bond motifs is 4. The van der Waals surface area contributed by atoms with Gasteiger partial charge in [0.2, 0.25) is 0 Å². The molecule has 0 amide bonds. The lowest BCUT2D eigenvalue weighted by Gasteiger charge is -2.44. The summed E-state index contributed by atoms with van der Waals surface area (Å²) in [4.78, 5) is 5.21. The Bertz CT molecular complexity index is 1670. The fraction of sp³-hybridized carbons (Fsp3) is 0.250. The minimum absolute atomic E-state index is 0.188. The summed E-state index contributed by atoms with van der Waals surface area (Å²) < 4.78 is 0. The molecule has 0 unspecified atom stereocenters. The van der Waals surface area contributed by atoms with Gasteiger partial charge in [-0.05, 0) is 101 Å². The molecule has 0 aromatic heterocycles. The molecule has 8 rings (SSSR count). The smallest absolute Gasteiger partial charge is 0.252 e. The maximum Gasteiger partial charge on any atom is 0.252 e. The van der Waals surface area contributed by atoms with E-state index >= 15 is 0 Å². The van der Waals surface area contributed by atoms with Gasteiger partial charge in [0, 0.05) is 35.8 Å². The van der Waals surface area contributed by atoms with Crippen molar-refractivity contribution in [3.8, 4) is 22.3 Å². The minimum Gasteiger partial charge on any atom is -0.343 e. The summed E-state index contributed by atoms with van der Waals surface area (Å²) in [5, 5.41) is 0. The van der Waals surface area contributed by atoms with Crippen LogP contribution < -0.4 is 26.2 Å². The molecule has 2 nitrogen and oxygen atoms in total. The molecule has 0 N–H and O–H groups in total. The first-order chi connectivity index (χ1) is 21.2. The fourth-order valence-electron chi connectivity index (χ4n) is 8.16. The van der Waals surface area contributed by atoms with Crippen LogP contribution in [0.2, 0.25) is 0 Å². The molecule has 1 aliphatic carbocycles. The van der Waals surface area contributed by atoms with E-state index in [1.165, 1.54) is 99.1 Å². The van der Waals surface area contributed by atoms with E-state index in [-0.39, 0.29) is 6.71 Å². The van der Waals surface area contributed by atoms with Crippen molar-refractivity contribution in [2.75, 3.05) is 22.9 Å². The van der Waals surface area contributed by atoms with E-state index in [9.17, 15) is 0 Å². The summed E-state index contributed by atoms with van der Waals surface area (Å²) in [6.45, 7) is 6.73. The van der Waals surface area contributed by atoms with Crippen LogP contribution in [0.15, 0.2) is 109 Å². The molecule has 0 atom stereocenters. The van der Waals surface area contributed by atoms with E-state index in [4.69, 9.17) is 0 Å². The molecule has 0 saturated heterocycles. The average molecular weight is 559 g/mol. The fourth-order valence-corrected chi connectivity index (χ4v) is 8.16. The van der Waals surface area contributed by atoms with Gasteiger partial charge in [-0.2, -0.15) is 0 Å². The highest BCUT2D eigenvalue weighted by Crippen LogP contribution is 2.43. The molecule has 0 bridgehead atoms. The monoisotopic (exact) mass is 558 g/mol. The van der Waals surface area contributed by atoms with E-state index in [1.54, 1.807) is 0 Å². The van der Waals surface area contributed by atoms with Crippen molar-refractivity contribution in [2.24, 2.45) is 0 Å². The molecule has 43 heavy (non-hydrogen) atoms. The van der Waals surface area contributed by atoms with E-state index in [2.05, 4.69) is 133 Å². The Balaban J connectivity index is 1.40. The Morgan fingerprint density at radius 1 is 0.535 bits per heavy atom. The summed E-state index contributed by atoms with van der Waals surface area (Å²) >= 11 is 0. The number of nitrogens with zero attached hydrogens (tertiary/aromatic N) is 2. The summed E-state index contributed by atoms with van der Waals surface area (Å²) in [6.07, 6.45) is 6.71. The molecule has 5 aromatic carbocycles. The molecule has 3 aliphatic rings. The lowest BCUT2D eigenvalue weighted by atomic mass is 9.33. The van der Waals surface area contributed by atoms with Crippen molar-refractivity contribution < 1.29 is 0 Å². The van der Waals surface area contributed by atoms with Crippen molar-refractivity contribution in [3.63, 3.8) is 0 Å². The molecule has 212 valence electrons. The van der Waals surface area contributed by atoms with Crippen LogP contribution in [0.3, 0.4) is 0 Å². The highest BCUT2D eigenvalue weighted by molar-refractivity contribution is 7.00. The normalized spacial score (nSPS) is 15.6. The molecular formula is C40H39BN2. The third-order valence-corrected chi connectivity index (χ3v) is 10.2. The highest BCUT2D eigenvalue weighted by Gasteiger charge is 2.42. The molecule has 2 heterocycles. The maximum absolute atomic E-state index is 2.60. The van der Waals surface area contributed by atoms with Crippen molar-refractivity contribution in [1.29, 1.82) is 0 Å². The van der Waals surface area contributed by atoms with Crippen LogP contribution in [0.4, 0.5) is 22.7 Å². The lowest BCUT2D eigenvalue weighted by molar-refractivity contribution is 0.444. The number of hydrogen-bond donors (Lipinski definition) is 0. The van der Waals surface area contributed by atoms with Crippen LogP contribution in [0, 0.1) is 0 Å². The van der Waals surface area contributed by atoms with Gasteiger partial charge in [0.05, 0.1) is 0 Å². The number of hydrogen-bond acceptors (Lipinski definition) is 2. The zero-order valence-corrected chi connectivity index (χ0v) is 25.4. The Morgan fingerprint density at radius 2 is 1.02 bits per heavy atom. The van der Waals surface area contributed by atoms with Crippen LogP contribution >= 0.6 is 0 Å². The van der Waals surface area contributed by atoms with E-state index in [1.807, 2.05) is 0 Å². The number of benzene rings is 5. The second-order valence-electron chi connectivity index (χ2n) is 12.5. The predicted octanol–water partition coefficient (Wildman–Crippen LogP) is 8.53. The summed E-state index contributed by atoms with van der Waals surface area (Å²) in [7, 11) is 0. The van der Waals surface area contributed by atoms with Crippen LogP contribution in [-0.4, -0.2) is 19.8 Å². The van der Waals surface area contributed by atoms with Gasteiger partial charge >= 0.3 is 0 Å². The third kappa shape index (κ3) is 4.32. The van der Waals surface area contributed by atoms with Gasteiger partial charge in [0.25, 0.3) is 6.71 Å². The van der Waals surface area contributed by atoms with E-state index in [0.29, 0.717) is 5.92 Å². The van der Waals surface area contributed by atoms with Crippen LogP contribution in [0.5, 0.6) is 0 Å². The molecule has 3 heteroatoms. The zero-order chi connectivity index (χ0) is 28.9. The largest absolute Gasteiger partial charge is 0.343 e. The van der Waals surface area contributed by atoms with Gasteiger partial charge in [-0.15, -0.1) is 0 Å². The van der Waals surface area contributed by atoms with Crippen molar-refractivity contribution in [3.05, 3.63) is 115 Å². The van der Waals surface area contributed by atoms with Crippen molar-refractivity contribution >= 4 is 45.9 Å². The van der Waals surface area contributed by atoms with Gasteiger partial charge < -0.3 is 9.80 Å². The molecular weight excluding hydrogens is 519 g/mol. The zero-order valence-electron chi connectivity index (χ0n) is 25.4. The van der Waals surface area contributed by atoms with E-state index in [0.717, 1.165) is 13.1 Å². The molecule has 0 spiro atoms. The van der Waals surface area contributed by atoms with Gasteiger partial charge in [-0.25, -0.2) is 0 Å². The Morgan fingerprint density at radius 3 is 1.49 bits per heavy atom. The van der Waals surface area contributed by atoms with Gasteiger partial charge in [0.1, 0.15) is 0 Å². The second-order valence-corrected chi connectivity index (χ2v) is 12.5. The second kappa shape index (κ2) is 10.8. The average Bonchev–Trinajstić information content (AvgIpc) is 3.08. The quantitative estimate of drug-likeness (QED) is 0.200. The van der Waals surface area contributed by atoms with Crippen molar-refractivity contribution in [2.45, 2.75) is 51.9 Å². The van der Waals surface area contributed by atoms with Crippen molar-refractivity contribution in [1.82, 2.24) is 0 Å². The lowest BCUT2D eigenvalue weighted by Crippen LogP contribution is -2.62. The maximum atomic E-state index is 2.60. The summed E-state index contributed by atoms with van der Waals surface area (Å²) in [6, 6.07) is 41.3. The highest BCUT2D eigenvalue weighted by atomic mass is 15.2. The molecule has 5 aromatic rings. The molecule has 0 radical (unpaired) electrons. The van der Waals surface area contributed by atoms with Crippen LogP contribution in [0.1, 0.15) is 57.4 Å². The molecule has 1 saturated carbocycles. The van der Waals surface area contributed by atoms with Gasteiger partial charge in [-0.3, -0.25) is 0 Å². The molecule has 2 aliphatic heterocycles. The number of rotatable bonds is 5. The van der Waals surface area contributed by atoms with Crippen LogP contribution in [-0.2, 0) is 0 Å². The van der Waals surface area contributed by atoms with Crippen LogP contribution in [0.25, 0.3) is 22.3 Å². The number of anilines is 4. The SMILES string of the molecule is CCN1c2ccc(-c3ccccc3)cc2B2c3cc(-c4ccccc4)ccc3N(CC)c3cc(C4CCCCC4)cc1c32. The van der Waals surface area contributed by atoms with Gasteiger partial charge in [0.15, 0.2) is 0 Å². The Labute approximate surface area is 257 Å². The first-order valence-electron chi connectivity index (χ1n) is 16.4. The Hall–Kier alpha value is -4.24. The first-order valence-corrected chi connectivity index (χ1v) is 16.4. The first kappa shape index (κ1) is 26.4. The predicted molar refractivity (Wildman–Crippen MR) is 186 cm³/mol. The summed E-state index contributed by atoms with van der Waals surface area (Å²) in [5.41, 5.74) is 16.5. The summed E-state index contributed by atoms with van der Waals surface area (Å²) in [5.74, 6) is 0.662. The molecule has 1 fully saturated rings. The Kier molecular flexibility index (Phi) is 6.63.